The van der Waals surface area contributed by atoms with Crippen molar-refractivity contribution in [2.24, 2.45) is 0 Å². The maximum atomic E-state index is 9.75. The second-order valence-corrected chi connectivity index (χ2v) is 10.3. The van der Waals surface area contributed by atoms with Crippen LogP contribution < -0.4 is 0 Å². The first-order valence-electron chi connectivity index (χ1n) is 14.7. The molecule has 14 heteroatoms. The van der Waals surface area contributed by atoms with E-state index in [9.17, 15) is 34.5 Å². The van der Waals surface area contributed by atoms with Gasteiger partial charge in [0.25, 0.3) is 0 Å². The molecule has 0 aromatic heterocycles. The quantitative estimate of drug-likeness (QED) is 0.1000. The topological polar surface area (TPSA) is 13.0 Å². The summed E-state index contributed by atoms with van der Waals surface area (Å²) in [7, 11) is -7.75. The molecule has 0 N–H and O–H groups in total. The van der Waals surface area contributed by atoms with Gasteiger partial charge in [0.15, 0.2) is 0 Å². The molecule has 0 fully saturated rings. The van der Waals surface area contributed by atoms with Crippen LogP contribution in [0.2, 0.25) is 0 Å². The lowest BCUT2D eigenvalue weighted by atomic mass is 10.1. The van der Waals surface area contributed by atoms with Gasteiger partial charge in [-0.25, -0.2) is 0 Å². The molecule has 0 amide bonds. The monoisotopic (exact) mass is 596 g/mol. The van der Waals surface area contributed by atoms with Gasteiger partial charge in [-0.1, -0.05) is 90.9 Å². The molecule has 2 aliphatic rings. The minimum atomic E-state index is -6.00. The zero-order valence-corrected chi connectivity index (χ0v) is 25.0. The molecule has 4 nitrogen and oxygen atoms in total. The minimum absolute atomic E-state index is 0. The Morgan fingerprint density at radius 3 is 0.950 bits per heavy atom. The maximum Gasteiger partial charge on any atom is 1.00 e. The van der Waals surface area contributed by atoms with E-state index in [1.165, 1.54) is 103 Å². The number of hydrogen-bond donors (Lipinski definition) is 0. The van der Waals surface area contributed by atoms with Crippen molar-refractivity contribution in [1.82, 2.24) is 19.6 Å². The summed E-state index contributed by atoms with van der Waals surface area (Å²) in [5, 5.41) is 0. The smallest absolute Gasteiger partial charge is 0.418 e. The average molecular weight is 596 g/mol. The highest BCUT2D eigenvalue weighted by Crippen LogP contribution is 2.11. The summed E-state index contributed by atoms with van der Waals surface area (Å²) in [6.45, 7) is 9.17. The highest BCUT2D eigenvalue weighted by molar-refractivity contribution is 6.50. The van der Waals surface area contributed by atoms with Crippen LogP contribution in [0.3, 0.4) is 0 Å². The van der Waals surface area contributed by atoms with E-state index in [1.807, 2.05) is 0 Å². The Bertz CT molecular complexity index is 610. The van der Waals surface area contributed by atoms with Crippen LogP contribution in [0.15, 0.2) is 24.8 Å². The van der Waals surface area contributed by atoms with E-state index in [-0.39, 0.29) is 2.85 Å². The molecule has 240 valence electrons. The van der Waals surface area contributed by atoms with Crippen molar-refractivity contribution in [2.45, 2.75) is 104 Å². The van der Waals surface area contributed by atoms with Crippen LogP contribution in [-0.2, 0) is 0 Å². The molecule has 2 heterocycles. The zero-order valence-electron chi connectivity index (χ0n) is 27.0. The second-order valence-electron chi connectivity index (χ2n) is 10.3. The van der Waals surface area contributed by atoms with Gasteiger partial charge in [-0.3, -0.25) is 0 Å². The van der Waals surface area contributed by atoms with Gasteiger partial charge in [0.1, 0.15) is 0 Å². The van der Waals surface area contributed by atoms with Crippen LogP contribution in [0.1, 0.15) is 107 Å². The number of rotatable bonds is 16. The number of hydrogen-bond acceptors (Lipinski definition) is 4. The lowest BCUT2D eigenvalue weighted by molar-refractivity contribution is 0.290. The molecule has 0 saturated carbocycles. The average Bonchev–Trinajstić information content (AvgIpc) is 3.43. The fourth-order valence-electron chi connectivity index (χ4n) is 4.01. The fourth-order valence-corrected chi connectivity index (χ4v) is 4.01. The van der Waals surface area contributed by atoms with Gasteiger partial charge in [0, 0.05) is 52.0 Å². The third-order valence-electron chi connectivity index (χ3n) is 5.97. The van der Waals surface area contributed by atoms with E-state index < -0.39 is 14.5 Å². The molecule has 0 radical (unpaired) electrons. The Labute approximate surface area is 241 Å². The summed E-state index contributed by atoms with van der Waals surface area (Å²) in [4.78, 5) is 9.23. The molecule has 0 saturated heterocycles. The van der Waals surface area contributed by atoms with Crippen molar-refractivity contribution in [3.8, 4) is 0 Å². The Hall–Kier alpha value is -1.75. The van der Waals surface area contributed by atoms with Crippen molar-refractivity contribution in [3.63, 3.8) is 0 Å². The van der Waals surface area contributed by atoms with Crippen molar-refractivity contribution < 1.29 is 37.4 Å². The Morgan fingerprint density at radius 2 is 0.725 bits per heavy atom. The Balaban J connectivity index is -0.000000253. The molecule has 0 unspecified atom stereocenters. The van der Waals surface area contributed by atoms with E-state index in [2.05, 4.69) is 72.3 Å². The second kappa shape index (κ2) is 25.0. The summed E-state index contributed by atoms with van der Waals surface area (Å²) in [6.07, 6.45) is 28.3. The van der Waals surface area contributed by atoms with Crippen molar-refractivity contribution >= 4 is 14.5 Å². The van der Waals surface area contributed by atoms with Gasteiger partial charge < -0.3 is 54.1 Å². The molecule has 0 spiro atoms. The van der Waals surface area contributed by atoms with Gasteiger partial charge in [0.05, 0.1) is 13.3 Å². The van der Waals surface area contributed by atoms with Crippen molar-refractivity contribution in [2.75, 3.05) is 40.5 Å². The van der Waals surface area contributed by atoms with E-state index in [0.717, 1.165) is 13.3 Å². The Kier molecular flexibility index (Phi) is 25.2. The molecule has 40 heavy (non-hydrogen) atoms. The standard InChI is InChI=1S/C14H28N2.C12H24N2.2BF4/c1-3-4-5-6-7-8-9-10-11-16-13-12-15(2)14-16;1-3-4-5-6-7-8-9-14-11-10-13(2)12-14;2*2-1(3,4)5/h12-13H,3-11,14H2,1-2H3;10-11H,3-9,12H2,1-2H3;;/q;;2*-1/p+2. The summed E-state index contributed by atoms with van der Waals surface area (Å²) in [6, 6.07) is 0. The summed E-state index contributed by atoms with van der Waals surface area (Å²) in [5.74, 6) is 0. The first kappa shape index (κ1) is 40.4. The van der Waals surface area contributed by atoms with Crippen LogP contribution in [-0.4, -0.2) is 74.6 Å². The molecular weight excluding hydrogens is 542 g/mol. The normalized spacial score (nSPS) is 14.5. The van der Waals surface area contributed by atoms with Gasteiger partial charge in [-0.15, -0.1) is 0 Å². The Morgan fingerprint density at radius 1 is 0.475 bits per heavy atom. The van der Waals surface area contributed by atoms with Gasteiger partial charge in [-0.2, -0.15) is 0 Å². The third kappa shape index (κ3) is 38.4. The van der Waals surface area contributed by atoms with Gasteiger partial charge >= 0.3 is 17.4 Å². The molecule has 2 rings (SSSR count). The van der Waals surface area contributed by atoms with Crippen LogP contribution in [0.25, 0.3) is 0 Å². The number of halogens is 8. The fraction of sp³-hybridized carbons (Fsp3) is 0.846. The summed E-state index contributed by atoms with van der Waals surface area (Å²) >= 11 is 0. The predicted octanol–water partition coefficient (Wildman–Crippen LogP) is 9.65. The summed E-state index contributed by atoms with van der Waals surface area (Å²) in [5.41, 5.74) is 0. The maximum absolute atomic E-state index is 9.75. The van der Waals surface area contributed by atoms with Gasteiger partial charge in [0.2, 0.25) is 0 Å². The highest BCUT2D eigenvalue weighted by atomic mass is 19.5. The first-order valence-corrected chi connectivity index (χ1v) is 14.7. The lowest BCUT2D eigenvalue weighted by Gasteiger charge is -2.17. The zero-order chi connectivity index (χ0) is 30.9. The predicted molar refractivity (Wildman–Crippen MR) is 156 cm³/mol. The lowest BCUT2D eigenvalue weighted by Crippen LogP contribution is -2.23. The van der Waals surface area contributed by atoms with Crippen LogP contribution in [0.4, 0.5) is 34.5 Å². The van der Waals surface area contributed by atoms with E-state index in [0.29, 0.717) is 0 Å². The molecule has 0 bridgehead atoms. The SMILES string of the molecule is CCCCCCCCCCN1C=CN(C)C1.CCCCCCCCN1C=CN(C)C1.F[B-](F)(F)F.F[B-](F)(F)F.[H+].[H+]. The largest absolute Gasteiger partial charge is 1.00 e. The molecular formula is C26H54B2F8N4. The van der Waals surface area contributed by atoms with Crippen molar-refractivity contribution in [1.29, 1.82) is 0 Å². The molecule has 0 aliphatic carbocycles. The van der Waals surface area contributed by atoms with Crippen LogP contribution >= 0.6 is 0 Å². The van der Waals surface area contributed by atoms with E-state index >= 15 is 0 Å². The van der Waals surface area contributed by atoms with Crippen molar-refractivity contribution in [3.05, 3.63) is 24.8 Å². The summed E-state index contributed by atoms with van der Waals surface area (Å²) < 4.78 is 78.0. The molecule has 0 atom stereocenters. The molecule has 0 aromatic carbocycles. The first-order chi connectivity index (χ1) is 18.7. The third-order valence-corrected chi connectivity index (χ3v) is 5.97. The van der Waals surface area contributed by atoms with E-state index in [1.54, 1.807) is 0 Å². The minimum Gasteiger partial charge on any atom is -0.418 e. The number of nitrogens with zero attached hydrogens (tertiary/aromatic N) is 4. The van der Waals surface area contributed by atoms with E-state index in [4.69, 9.17) is 0 Å². The number of unbranched alkanes of at least 4 members (excludes halogenated alkanes) is 12. The van der Waals surface area contributed by atoms with Gasteiger partial charge in [-0.05, 0) is 12.8 Å². The molecule has 2 aliphatic heterocycles. The molecule has 0 aromatic rings. The van der Waals surface area contributed by atoms with Crippen LogP contribution in [0.5, 0.6) is 0 Å². The highest BCUT2D eigenvalue weighted by Gasteiger charge is 2.21. The van der Waals surface area contributed by atoms with Crippen LogP contribution in [0, 0.1) is 0 Å².